The van der Waals surface area contributed by atoms with Crippen LogP contribution in [0, 0.1) is 21.2 Å². The van der Waals surface area contributed by atoms with Crippen LogP contribution in [-0.4, -0.2) is 87.1 Å². The van der Waals surface area contributed by atoms with Crippen molar-refractivity contribution in [1.29, 1.82) is 0 Å². The van der Waals surface area contributed by atoms with Gasteiger partial charge in [0.15, 0.2) is 11.2 Å². The molecule has 2 aliphatic rings. The first-order valence-corrected chi connectivity index (χ1v) is 23.6. The van der Waals surface area contributed by atoms with Crippen molar-refractivity contribution < 1.29 is 59.8 Å². The molecule has 2 fully saturated rings. The Morgan fingerprint density at radius 1 is 0.810 bits per heavy atom. The molecule has 4 heterocycles. The molecule has 0 aromatic carbocycles. The van der Waals surface area contributed by atoms with Crippen LogP contribution in [0.2, 0.25) is 51.4 Å². The van der Waals surface area contributed by atoms with Crippen molar-refractivity contribution in [2.75, 3.05) is 46.8 Å². The van der Waals surface area contributed by atoms with E-state index in [0.29, 0.717) is 45.7 Å². The first-order valence-electron chi connectivity index (χ1n) is 14.1. The van der Waals surface area contributed by atoms with Crippen molar-refractivity contribution >= 4 is 61.3 Å². The van der Waals surface area contributed by atoms with Gasteiger partial charge < -0.3 is 30.2 Å². The second-order valence-corrected chi connectivity index (χ2v) is 26.7. The van der Waals surface area contributed by atoms with E-state index in [0.717, 1.165) is 43.9 Å². The Hall–Kier alpha value is 1.07. The third-order valence-corrected chi connectivity index (χ3v) is 13.3. The summed E-state index contributed by atoms with van der Waals surface area (Å²) in [6.07, 6.45) is 0. The van der Waals surface area contributed by atoms with Crippen LogP contribution >= 0.6 is 45.2 Å². The first-order chi connectivity index (χ1) is 19.0. The summed E-state index contributed by atoms with van der Waals surface area (Å²) < 4.78 is 34.0. The second-order valence-electron chi connectivity index (χ2n) is 13.4. The number of imidazole rings is 2. The van der Waals surface area contributed by atoms with Gasteiger partial charge in [-0.3, -0.25) is 9.13 Å². The summed E-state index contributed by atoms with van der Waals surface area (Å²) in [5.74, 6) is 1.59. The molecule has 0 amide bonds. The molecule has 42 heavy (non-hydrogen) atoms. The van der Waals surface area contributed by atoms with Gasteiger partial charge >= 0.3 is 29.6 Å². The summed E-state index contributed by atoms with van der Waals surface area (Å²) in [5, 5.41) is 10.4. The van der Waals surface area contributed by atoms with Gasteiger partial charge in [0, 0.05) is 36.5 Å². The number of halogens is 2. The molecule has 0 aliphatic carbocycles. The Morgan fingerprint density at radius 2 is 1.21 bits per heavy atom. The van der Waals surface area contributed by atoms with E-state index in [1.807, 2.05) is 18.4 Å². The molecule has 0 radical (unpaired) electrons. The zero-order chi connectivity index (χ0) is 30.6. The maximum atomic E-state index is 10.4. The fourth-order valence-electron chi connectivity index (χ4n) is 4.16. The number of aromatic nitrogens is 4. The summed E-state index contributed by atoms with van der Waals surface area (Å²) in [6.45, 7) is 22.3. The Bertz CT molecular complexity index is 1160. The number of aliphatic hydroxyl groups is 1. The number of aryl methyl sites for hydroxylation is 2. The van der Waals surface area contributed by atoms with Crippen LogP contribution in [0.3, 0.4) is 0 Å². The van der Waals surface area contributed by atoms with Crippen LogP contribution in [0.1, 0.15) is 24.5 Å². The Kier molecular flexibility index (Phi) is 15.2. The fourth-order valence-corrected chi connectivity index (χ4v) is 6.65. The van der Waals surface area contributed by atoms with Gasteiger partial charge in [0.25, 0.3) is 0 Å². The molecule has 2 aromatic heterocycles. The molecule has 0 atom stereocenters. The summed E-state index contributed by atoms with van der Waals surface area (Å²) in [5.41, 5.74) is 0.588. The first kappa shape index (κ1) is 39.3. The van der Waals surface area contributed by atoms with Crippen LogP contribution < -0.4 is 29.6 Å². The number of hydrogen-bond donors (Lipinski definition) is 1. The molecule has 0 saturated carbocycles. The van der Waals surface area contributed by atoms with Crippen LogP contribution in [0.5, 0.6) is 0 Å². The third kappa shape index (κ3) is 10.3. The number of hydrogen-bond acceptors (Lipinski definition) is 8. The predicted octanol–water partition coefficient (Wildman–Crippen LogP) is 2.42. The minimum absolute atomic E-state index is 0. The van der Waals surface area contributed by atoms with Crippen LogP contribution in [-0.2, 0) is 48.3 Å². The molecule has 2 aliphatic heterocycles. The van der Waals surface area contributed by atoms with Gasteiger partial charge in [-0.15, -0.1) is 0 Å². The molecule has 1 N–H and O–H groups in total. The molecule has 2 aromatic rings. The van der Waals surface area contributed by atoms with Gasteiger partial charge in [0.05, 0.1) is 37.8 Å². The van der Waals surface area contributed by atoms with Crippen LogP contribution in [0.4, 0.5) is 0 Å². The van der Waals surface area contributed by atoms with Gasteiger partial charge in [-0.05, 0) is 71.1 Å². The zero-order valence-corrected chi connectivity index (χ0v) is 35.4. The van der Waals surface area contributed by atoms with E-state index >= 15 is 0 Å². The standard InChI is InChI=1S/C14H25IN2O3Si.C13H23IN2O3Si.Na.H/c1-11-12(15)17(10-19-6-7-21(3,4)5)13(16-11)14(18-2)8-20-9-14;1-10-11(14)16(9-18-5-6-20(2,3)4)12(15-10)13(17)7-19-8-13;;/h6-10H2,1-5H3;17H,5-9H2,1-4H3;;/q;;+1;-1. The monoisotopic (exact) mass is 858 g/mol. The third-order valence-electron chi connectivity index (χ3n) is 7.13. The molecule has 10 nitrogen and oxygen atoms in total. The topological polar surface area (TPSA) is 102 Å². The number of nitrogens with zero attached hydrogens (tertiary/aromatic N) is 4. The van der Waals surface area contributed by atoms with E-state index in [1.54, 1.807) is 7.11 Å². The average Bonchev–Trinajstić information content (AvgIpc) is 3.27. The van der Waals surface area contributed by atoms with Gasteiger partial charge in [0.1, 0.15) is 32.5 Å². The number of rotatable bonds is 13. The maximum absolute atomic E-state index is 10.4. The molecule has 0 unspecified atom stereocenters. The van der Waals surface area contributed by atoms with E-state index in [4.69, 9.17) is 23.7 Å². The Morgan fingerprint density at radius 3 is 1.55 bits per heavy atom. The quantitative estimate of drug-likeness (QED) is 0.187. The Labute approximate surface area is 304 Å². The van der Waals surface area contributed by atoms with E-state index in [1.165, 1.54) is 6.04 Å². The van der Waals surface area contributed by atoms with Crippen molar-refractivity contribution in [3.05, 3.63) is 30.4 Å². The minimum Gasteiger partial charge on any atom is -1.00 e. The maximum Gasteiger partial charge on any atom is 1.00 e. The molecule has 0 bridgehead atoms. The van der Waals surface area contributed by atoms with Crippen LogP contribution in [0.25, 0.3) is 0 Å². The van der Waals surface area contributed by atoms with Crippen LogP contribution in [0.15, 0.2) is 0 Å². The van der Waals surface area contributed by atoms with Gasteiger partial charge in [-0.1, -0.05) is 39.3 Å². The molecule has 4 rings (SSSR count). The van der Waals surface area contributed by atoms with Gasteiger partial charge in [-0.25, -0.2) is 9.97 Å². The van der Waals surface area contributed by atoms with E-state index < -0.39 is 27.3 Å². The van der Waals surface area contributed by atoms with Gasteiger partial charge in [-0.2, -0.15) is 0 Å². The van der Waals surface area contributed by atoms with E-state index in [2.05, 4.69) is 99.0 Å². The summed E-state index contributed by atoms with van der Waals surface area (Å²) >= 11 is 4.57. The smallest absolute Gasteiger partial charge is 1.00 e. The van der Waals surface area contributed by atoms with Crippen molar-refractivity contribution in [2.45, 2.75) is 89.9 Å². The van der Waals surface area contributed by atoms with Gasteiger partial charge in [0.2, 0.25) is 0 Å². The minimum atomic E-state index is -1.07. The average molecular weight is 859 g/mol. The summed E-state index contributed by atoms with van der Waals surface area (Å²) in [4.78, 5) is 9.17. The van der Waals surface area contributed by atoms with Crippen molar-refractivity contribution in [2.24, 2.45) is 0 Å². The number of methoxy groups -OCH3 is 1. The number of ether oxygens (including phenoxy) is 5. The fraction of sp³-hybridized carbons (Fsp3) is 0.778. The summed E-state index contributed by atoms with van der Waals surface area (Å²) in [7, 11) is -0.406. The second kappa shape index (κ2) is 16.3. The zero-order valence-electron chi connectivity index (χ0n) is 28.1. The van der Waals surface area contributed by atoms with Crippen molar-refractivity contribution in [3.8, 4) is 0 Å². The van der Waals surface area contributed by atoms with Crippen molar-refractivity contribution in [1.82, 2.24) is 19.1 Å². The normalized spacial score (nSPS) is 17.5. The van der Waals surface area contributed by atoms with E-state index in [9.17, 15) is 5.11 Å². The molecular weight excluding hydrogens is 809 g/mol. The molecule has 15 heteroatoms. The largest absolute Gasteiger partial charge is 1.00 e. The molecule has 236 valence electrons. The van der Waals surface area contributed by atoms with E-state index in [-0.39, 0.29) is 31.0 Å². The molecule has 0 spiro atoms. The summed E-state index contributed by atoms with van der Waals surface area (Å²) in [6, 6.07) is 2.31. The predicted molar refractivity (Wildman–Crippen MR) is 183 cm³/mol. The SMILES string of the molecule is COC1(c2nc(C)c(I)n2COCC[Si](C)(C)C)COC1.Cc1nc(C2(O)COC2)n(COCC[Si](C)(C)C)c1I.[H-].[Na+]. The molecule has 2 saturated heterocycles. The van der Waals surface area contributed by atoms with Crippen molar-refractivity contribution in [3.63, 3.8) is 0 Å². The molecular formula is C27H49I2N4NaO6Si2. The Balaban J connectivity index is 0.000000411.